The van der Waals surface area contributed by atoms with Crippen molar-refractivity contribution in [2.45, 2.75) is 90.2 Å². The van der Waals surface area contributed by atoms with Crippen LogP contribution in [-0.2, 0) is 23.9 Å². The van der Waals surface area contributed by atoms with Gasteiger partial charge < -0.3 is 24.8 Å². The fraction of sp³-hybridized carbons (Fsp3) is 0.762. The van der Waals surface area contributed by atoms with Crippen molar-refractivity contribution < 1.29 is 48.8 Å². The van der Waals surface area contributed by atoms with Crippen molar-refractivity contribution in [3.63, 3.8) is 0 Å². The standard InChI is InChI=1S/C11H19NO5.C10H15NO5/c1-10(2,3)17-9(15)12-6-11(4,16)5-7(12)8(13)14;1-10(2,3)16-9(15)11-5-6(12)4-7(11)8(13)14/h7,16H,5-6H2,1-4H3,(H,13,14);7H,4-5H2,1-3H3,(H,13,14)/t7-,11?;7-/m00/s1. The Morgan fingerprint density at radius 2 is 1.30 bits per heavy atom. The van der Waals surface area contributed by atoms with Crippen LogP contribution in [0.15, 0.2) is 0 Å². The molecule has 0 spiro atoms. The predicted octanol–water partition coefficient (Wildman–Crippen LogP) is 1.48. The van der Waals surface area contributed by atoms with E-state index in [1.54, 1.807) is 41.5 Å². The number of carbonyl (C=O) groups excluding carboxylic acids is 3. The van der Waals surface area contributed by atoms with Crippen molar-refractivity contribution in [2.75, 3.05) is 13.1 Å². The molecule has 0 aromatic heterocycles. The SMILES string of the molecule is CC(C)(C)OC(=O)N1CC(=O)C[C@H]1C(=O)O.CC1(O)C[C@@H](C(=O)O)N(C(=O)OC(C)(C)C)C1. The van der Waals surface area contributed by atoms with Crippen molar-refractivity contribution in [3.8, 4) is 0 Å². The molecule has 2 aliphatic rings. The number of rotatable bonds is 2. The van der Waals surface area contributed by atoms with E-state index in [1.807, 2.05) is 0 Å². The molecule has 0 radical (unpaired) electrons. The lowest BCUT2D eigenvalue weighted by Gasteiger charge is -2.26. The number of hydrogen-bond donors (Lipinski definition) is 3. The van der Waals surface area contributed by atoms with Crippen LogP contribution in [0.1, 0.15) is 61.3 Å². The van der Waals surface area contributed by atoms with Crippen molar-refractivity contribution in [1.82, 2.24) is 9.80 Å². The second kappa shape index (κ2) is 9.94. The summed E-state index contributed by atoms with van der Waals surface area (Å²) in [6.45, 7) is 11.4. The van der Waals surface area contributed by atoms with Gasteiger partial charge in [0, 0.05) is 12.8 Å². The van der Waals surface area contributed by atoms with Gasteiger partial charge in [0.1, 0.15) is 23.3 Å². The second-order valence-electron chi connectivity index (χ2n) is 10.4. The molecule has 2 rings (SSSR count). The number of nitrogens with zero attached hydrogens (tertiary/aromatic N) is 2. The lowest BCUT2D eigenvalue weighted by atomic mass is 10.0. The van der Waals surface area contributed by atoms with E-state index in [0.29, 0.717) is 0 Å². The van der Waals surface area contributed by atoms with E-state index in [-0.39, 0.29) is 31.7 Å². The van der Waals surface area contributed by atoms with Gasteiger partial charge in [0.25, 0.3) is 0 Å². The number of hydrogen-bond acceptors (Lipinski definition) is 8. The Hall–Kier alpha value is -2.89. The van der Waals surface area contributed by atoms with Gasteiger partial charge in [-0.05, 0) is 48.5 Å². The largest absolute Gasteiger partial charge is 0.480 e. The molecule has 3 atom stereocenters. The molecular weight excluding hydrogens is 440 g/mol. The number of carbonyl (C=O) groups is 5. The van der Waals surface area contributed by atoms with Crippen LogP contribution in [0, 0.1) is 0 Å². The molecule has 12 nitrogen and oxygen atoms in total. The van der Waals surface area contributed by atoms with Crippen LogP contribution >= 0.6 is 0 Å². The number of carboxylic acids is 2. The van der Waals surface area contributed by atoms with Gasteiger partial charge >= 0.3 is 24.1 Å². The molecule has 0 aliphatic carbocycles. The maximum atomic E-state index is 11.8. The van der Waals surface area contributed by atoms with Crippen LogP contribution in [0.2, 0.25) is 0 Å². The second-order valence-corrected chi connectivity index (χ2v) is 10.4. The molecule has 0 aromatic carbocycles. The first-order valence-corrected chi connectivity index (χ1v) is 10.4. The highest BCUT2D eigenvalue weighted by atomic mass is 16.6. The minimum Gasteiger partial charge on any atom is -0.480 e. The number of aliphatic hydroxyl groups is 1. The Balaban J connectivity index is 0.000000331. The van der Waals surface area contributed by atoms with Crippen LogP contribution in [0.5, 0.6) is 0 Å². The zero-order chi connectivity index (χ0) is 25.9. The molecule has 12 heteroatoms. The van der Waals surface area contributed by atoms with Gasteiger partial charge in [-0.2, -0.15) is 0 Å². The molecule has 3 N–H and O–H groups in total. The van der Waals surface area contributed by atoms with E-state index in [4.69, 9.17) is 19.7 Å². The smallest absolute Gasteiger partial charge is 0.411 e. The average Bonchev–Trinajstić information content (AvgIpc) is 3.12. The maximum Gasteiger partial charge on any atom is 0.411 e. The van der Waals surface area contributed by atoms with Crippen molar-refractivity contribution in [2.24, 2.45) is 0 Å². The minimum atomic E-state index is -1.18. The van der Waals surface area contributed by atoms with Crippen LogP contribution in [0.3, 0.4) is 0 Å². The highest BCUT2D eigenvalue weighted by molar-refractivity contribution is 5.95. The summed E-state index contributed by atoms with van der Waals surface area (Å²) in [7, 11) is 0. The van der Waals surface area contributed by atoms with Crippen molar-refractivity contribution in [3.05, 3.63) is 0 Å². The molecule has 1 unspecified atom stereocenters. The molecule has 188 valence electrons. The Kier molecular flexibility index (Phi) is 8.48. The molecular formula is C21H34N2O10. The van der Waals surface area contributed by atoms with Gasteiger partial charge in [0.2, 0.25) is 0 Å². The molecule has 2 heterocycles. The number of ether oxygens (including phenoxy) is 2. The van der Waals surface area contributed by atoms with Gasteiger partial charge in [-0.25, -0.2) is 19.2 Å². The Morgan fingerprint density at radius 3 is 1.70 bits per heavy atom. The van der Waals surface area contributed by atoms with Gasteiger partial charge in [0.15, 0.2) is 5.78 Å². The summed E-state index contributed by atoms with van der Waals surface area (Å²) < 4.78 is 10.1. The Bertz CT molecular complexity index is 794. The number of aliphatic carboxylic acids is 2. The lowest BCUT2D eigenvalue weighted by molar-refractivity contribution is -0.142. The van der Waals surface area contributed by atoms with Gasteiger partial charge in [-0.1, -0.05) is 0 Å². The number of carboxylic acid groups (broad SMARTS) is 2. The molecule has 33 heavy (non-hydrogen) atoms. The third-order valence-corrected chi connectivity index (χ3v) is 4.49. The van der Waals surface area contributed by atoms with Gasteiger partial charge in [-0.15, -0.1) is 0 Å². The zero-order valence-corrected chi connectivity index (χ0v) is 20.1. The van der Waals surface area contributed by atoms with E-state index < -0.39 is 53.0 Å². The third kappa shape index (κ3) is 8.87. The fourth-order valence-electron chi connectivity index (χ4n) is 3.22. The highest BCUT2D eigenvalue weighted by Crippen LogP contribution is 2.28. The minimum absolute atomic E-state index is 0.0155. The Labute approximate surface area is 192 Å². The van der Waals surface area contributed by atoms with Crippen LogP contribution in [-0.4, -0.2) is 97.0 Å². The number of ketones is 1. The van der Waals surface area contributed by atoms with E-state index >= 15 is 0 Å². The highest BCUT2D eigenvalue weighted by Gasteiger charge is 2.46. The predicted molar refractivity (Wildman–Crippen MR) is 114 cm³/mol. The van der Waals surface area contributed by atoms with Gasteiger partial charge in [0.05, 0.1) is 18.7 Å². The summed E-state index contributed by atoms with van der Waals surface area (Å²) in [4.78, 5) is 58.4. The fourth-order valence-corrected chi connectivity index (χ4v) is 3.22. The number of β-amino-alcohol motifs (C(OH)–C–C–N with tert-alkyl or cyclic N) is 1. The molecule has 0 bridgehead atoms. The summed E-state index contributed by atoms with van der Waals surface area (Å²) in [6, 6.07) is -2.12. The monoisotopic (exact) mass is 474 g/mol. The van der Waals surface area contributed by atoms with Crippen molar-refractivity contribution >= 4 is 29.9 Å². The van der Waals surface area contributed by atoms with Crippen LogP contribution < -0.4 is 0 Å². The summed E-state index contributed by atoms with van der Waals surface area (Å²) in [6.07, 6.45) is -1.59. The number of Topliss-reactive ketones (excluding diaryl/α,β-unsaturated/α-hetero) is 1. The maximum absolute atomic E-state index is 11.8. The van der Waals surface area contributed by atoms with Gasteiger partial charge in [-0.3, -0.25) is 14.6 Å². The Morgan fingerprint density at radius 1 is 0.879 bits per heavy atom. The molecule has 2 saturated heterocycles. The van der Waals surface area contributed by atoms with Crippen molar-refractivity contribution in [1.29, 1.82) is 0 Å². The first-order chi connectivity index (χ1) is 14.7. The summed E-state index contributed by atoms with van der Waals surface area (Å²) in [5.41, 5.74) is -2.57. The number of likely N-dealkylation sites (tertiary alicyclic amines) is 2. The average molecular weight is 475 g/mol. The first kappa shape index (κ1) is 28.1. The number of amides is 2. The summed E-state index contributed by atoms with van der Waals surface area (Å²) >= 11 is 0. The lowest BCUT2D eigenvalue weighted by Crippen LogP contribution is -2.43. The summed E-state index contributed by atoms with van der Waals surface area (Å²) in [5, 5.41) is 27.7. The molecule has 2 aliphatic heterocycles. The van der Waals surface area contributed by atoms with E-state index in [0.717, 1.165) is 9.80 Å². The molecule has 2 fully saturated rings. The van der Waals surface area contributed by atoms with Crippen LogP contribution in [0.25, 0.3) is 0 Å². The van der Waals surface area contributed by atoms with E-state index in [2.05, 4.69) is 0 Å². The molecule has 2 amide bonds. The molecule has 0 saturated carbocycles. The zero-order valence-electron chi connectivity index (χ0n) is 20.1. The quantitative estimate of drug-likeness (QED) is 0.532. The summed E-state index contributed by atoms with van der Waals surface area (Å²) in [5.74, 6) is -2.58. The first-order valence-electron chi connectivity index (χ1n) is 10.4. The third-order valence-electron chi connectivity index (χ3n) is 4.49. The van der Waals surface area contributed by atoms with Crippen LogP contribution in [0.4, 0.5) is 9.59 Å². The van der Waals surface area contributed by atoms with E-state index in [9.17, 15) is 29.1 Å². The molecule has 0 aromatic rings. The topological polar surface area (TPSA) is 171 Å². The normalized spacial score (nSPS) is 25.3. The van der Waals surface area contributed by atoms with E-state index in [1.165, 1.54) is 6.92 Å².